The molecule has 0 amide bonds. The summed E-state index contributed by atoms with van der Waals surface area (Å²) in [5.74, 6) is -0.497. The molecule has 0 unspecified atom stereocenters. The third-order valence-electron chi connectivity index (χ3n) is 3.37. The molecule has 0 aliphatic carbocycles. The van der Waals surface area contributed by atoms with Gasteiger partial charge in [-0.2, -0.15) is 10.5 Å². The van der Waals surface area contributed by atoms with Crippen molar-refractivity contribution in [3.63, 3.8) is 0 Å². The Labute approximate surface area is 119 Å². The maximum Gasteiger partial charge on any atom is 0.145 e. The van der Waals surface area contributed by atoms with E-state index in [0.29, 0.717) is 6.54 Å². The Balaban J connectivity index is 3.08. The fourth-order valence-electron chi connectivity index (χ4n) is 2.10. The number of hydrogen-bond acceptors (Lipinski definition) is 3. The van der Waals surface area contributed by atoms with Gasteiger partial charge in [0, 0.05) is 6.54 Å². The van der Waals surface area contributed by atoms with E-state index in [0.717, 1.165) is 13.0 Å². The second kappa shape index (κ2) is 15.0. The molecule has 0 aliphatic heterocycles. The van der Waals surface area contributed by atoms with Crippen LogP contribution in [0.15, 0.2) is 0 Å². The topological polar surface area (TPSA) is 59.6 Å². The van der Waals surface area contributed by atoms with E-state index >= 15 is 0 Å². The van der Waals surface area contributed by atoms with Gasteiger partial charge >= 0.3 is 0 Å². The SMILES string of the molecule is CCCCCCCCCCCCNCC(C#N)C#N. The first-order valence-electron chi connectivity index (χ1n) is 7.85. The lowest BCUT2D eigenvalue weighted by Crippen LogP contribution is -2.22. The zero-order valence-electron chi connectivity index (χ0n) is 12.5. The van der Waals surface area contributed by atoms with Crippen molar-refractivity contribution >= 4 is 0 Å². The van der Waals surface area contributed by atoms with Crippen molar-refractivity contribution in [1.29, 1.82) is 10.5 Å². The summed E-state index contributed by atoms with van der Waals surface area (Å²) < 4.78 is 0. The fourth-order valence-corrected chi connectivity index (χ4v) is 2.10. The molecule has 0 radical (unpaired) electrons. The third kappa shape index (κ3) is 13.2. The molecule has 0 bridgehead atoms. The van der Waals surface area contributed by atoms with Gasteiger partial charge in [0.2, 0.25) is 0 Å². The van der Waals surface area contributed by atoms with Gasteiger partial charge in [-0.1, -0.05) is 64.7 Å². The van der Waals surface area contributed by atoms with Crippen LogP contribution in [0.5, 0.6) is 0 Å². The summed E-state index contributed by atoms with van der Waals surface area (Å²) in [6.07, 6.45) is 13.4. The lowest BCUT2D eigenvalue weighted by Gasteiger charge is -2.04. The Morgan fingerprint density at radius 1 is 0.789 bits per heavy atom. The Morgan fingerprint density at radius 3 is 1.74 bits per heavy atom. The van der Waals surface area contributed by atoms with Gasteiger partial charge in [-0.15, -0.1) is 0 Å². The summed E-state index contributed by atoms with van der Waals surface area (Å²) in [6, 6.07) is 3.94. The maximum atomic E-state index is 8.59. The molecular weight excluding hydrogens is 234 g/mol. The highest BCUT2D eigenvalue weighted by atomic mass is 14.8. The lowest BCUT2D eigenvalue weighted by molar-refractivity contribution is 0.539. The van der Waals surface area contributed by atoms with Crippen LogP contribution >= 0.6 is 0 Å². The molecule has 19 heavy (non-hydrogen) atoms. The van der Waals surface area contributed by atoms with Gasteiger partial charge in [0.15, 0.2) is 0 Å². The molecule has 0 aromatic rings. The van der Waals surface area contributed by atoms with E-state index in [-0.39, 0.29) is 0 Å². The molecule has 0 heterocycles. The highest BCUT2D eigenvalue weighted by molar-refractivity contribution is 4.99. The van der Waals surface area contributed by atoms with Gasteiger partial charge in [-0.3, -0.25) is 0 Å². The first-order valence-corrected chi connectivity index (χ1v) is 7.85. The van der Waals surface area contributed by atoms with Gasteiger partial charge in [-0.25, -0.2) is 0 Å². The number of nitrogens with zero attached hydrogens (tertiary/aromatic N) is 2. The molecule has 108 valence electrons. The zero-order chi connectivity index (χ0) is 14.2. The zero-order valence-corrected chi connectivity index (χ0v) is 12.5. The summed E-state index contributed by atoms with van der Waals surface area (Å²) in [4.78, 5) is 0. The summed E-state index contributed by atoms with van der Waals surface area (Å²) in [5.41, 5.74) is 0. The van der Waals surface area contributed by atoms with Gasteiger partial charge in [-0.05, 0) is 13.0 Å². The predicted molar refractivity (Wildman–Crippen MR) is 79.4 cm³/mol. The average Bonchev–Trinajstić information content (AvgIpc) is 2.44. The Hall–Kier alpha value is -1.06. The van der Waals surface area contributed by atoms with Gasteiger partial charge < -0.3 is 5.32 Å². The summed E-state index contributed by atoms with van der Waals surface area (Å²) >= 11 is 0. The Bertz CT molecular complexity index is 248. The van der Waals surface area contributed by atoms with E-state index in [2.05, 4.69) is 12.2 Å². The van der Waals surface area contributed by atoms with E-state index in [1.54, 1.807) is 0 Å². The van der Waals surface area contributed by atoms with Crippen LogP contribution in [0.2, 0.25) is 0 Å². The molecule has 0 spiro atoms. The Morgan fingerprint density at radius 2 is 1.26 bits per heavy atom. The molecule has 0 aromatic heterocycles. The van der Waals surface area contributed by atoms with Crippen LogP contribution in [-0.2, 0) is 0 Å². The van der Waals surface area contributed by atoms with Crippen molar-refractivity contribution < 1.29 is 0 Å². The van der Waals surface area contributed by atoms with Crippen LogP contribution in [0.25, 0.3) is 0 Å². The van der Waals surface area contributed by atoms with Crippen LogP contribution in [0.3, 0.4) is 0 Å². The molecular formula is C16H29N3. The summed E-state index contributed by atoms with van der Waals surface area (Å²) in [6.45, 7) is 3.68. The van der Waals surface area contributed by atoms with E-state index < -0.39 is 5.92 Å². The standard InChI is InChI=1S/C16H29N3/c1-2-3-4-5-6-7-8-9-10-11-12-19-15-16(13-17)14-18/h16,19H,2-12,15H2,1H3. The van der Waals surface area contributed by atoms with Crippen LogP contribution in [0.1, 0.15) is 71.1 Å². The largest absolute Gasteiger partial charge is 0.314 e. The van der Waals surface area contributed by atoms with Crippen molar-refractivity contribution in [2.24, 2.45) is 5.92 Å². The molecule has 0 saturated heterocycles. The smallest absolute Gasteiger partial charge is 0.145 e. The maximum absolute atomic E-state index is 8.59. The predicted octanol–water partition coefficient (Wildman–Crippen LogP) is 4.16. The average molecular weight is 263 g/mol. The normalized spacial score (nSPS) is 10.3. The number of unbranched alkanes of at least 4 members (excludes halogenated alkanes) is 9. The fraction of sp³-hybridized carbons (Fsp3) is 0.875. The van der Waals surface area contributed by atoms with Crippen LogP contribution < -0.4 is 5.32 Å². The highest BCUT2D eigenvalue weighted by Crippen LogP contribution is 2.10. The van der Waals surface area contributed by atoms with Crippen molar-refractivity contribution in [2.45, 2.75) is 71.1 Å². The lowest BCUT2D eigenvalue weighted by atomic mass is 10.1. The number of rotatable bonds is 13. The van der Waals surface area contributed by atoms with Crippen LogP contribution in [-0.4, -0.2) is 13.1 Å². The van der Waals surface area contributed by atoms with Crippen LogP contribution in [0, 0.1) is 28.6 Å². The summed E-state index contributed by atoms with van der Waals surface area (Å²) in [7, 11) is 0. The number of nitrogens with one attached hydrogen (secondary N) is 1. The molecule has 0 fully saturated rings. The van der Waals surface area contributed by atoms with E-state index in [1.165, 1.54) is 57.8 Å². The molecule has 1 N–H and O–H groups in total. The molecule has 0 aromatic carbocycles. The summed E-state index contributed by atoms with van der Waals surface area (Å²) in [5, 5.41) is 20.3. The minimum atomic E-state index is -0.497. The van der Waals surface area contributed by atoms with E-state index in [4.69, 9.17) is 10.5 Å². The van der Waals surface area contributed by atoms with Crippen LogP contribution in [0.4, 0.5) is 0 Å². The third-order valence-corrected chi connectivity index (χ3v) is 3.37. The molecule has 0 rings (SSSR count). The van der Waals surface area contributed by atoms with Gasteiger partial charge in [0.1, 0.15) is 5.92 Å². The number of nitriles is 2. The molecule has 3 heteroatoms. The highest BCUT2D eigenvalue weighted by Gasteiger charge is 2.02. The first kappa shape index (κ1) is 17.9. The molecule has 3 nitrogen and oxygen atoms in total. The Kier molecular flexibility index (Phi) is 14.2. The van der Waals surface area contributed by atoms with E-state index in [9.17, 15) is 0 Å². The minimum absolute atomic E-state index is 0.497. The number of hydrogen-bond donors (Lipinski definition) is 1. The van der Waals surface area contributed by atoms with Gasteiger partial charge in [0.05, 0.1) is 12.1 Å². The van der Waals surface area contributed by atoms with Gasteiger partial charge in [0.25, 0.3) is 0 Å². The quantitative estimate of drug-likeness (QED) is 0.507. The second-order valence-corrected chi connectivity index (χ2v) is 5.20. The van der Waals surface area contributed by atoms with Crippen molar-refractivity contribution in [3.8, 4) is 12.1 Å². The monoisotopic (exact) mass is 263 g/mol. The second-order valence-electron chi connectivity index (χ2n) is 5.20. The van der Waals surface area contributed by atoms with Crippen molar-refractivity contribution in [2.75, 3.05) is 13.1 Å². The van der Waals surface area contributed by atoms with Crippen molar-refractivity contribution in [3.05, 3.63) is 0 Å². The van der Waals surface area contributed by atoms with Crippen molar-refractivity contribution in [1.82, 2.24) is 5.32 Å². The van der Waals surface area contributed by atoms with E-state index in [1.807, 2.05) is 12.1 Å². The molecule has 0 atom stereocenters. The molecule has 0 aliphatic rings. The minimum Gasteiger partial charge on any atom is -0.314 e. The molecule has 0 saturated carbocycles. The first-order chi connectivity index (χ1) is 9.35.